The summed E-state index contributed by atoms with van der Waals surface area (Å²) in [7, 11) is 1.54. The summed E-state index contributed by atoms with van der Waals surface area (Å²) < 4.78 is 30.6. The largest absolute Gasteiger partial charge is 0.383 e. The molecule has 0 spiro atoms. The van der Waals surface area contributed by atoms with Gasteiger partial charge in [0.2, 0.25) is 0 Å². The number of amides is 1. The number of ether oxygens (including phenoxy) is 1. The van der Waals surface area contributed by atoms with Crippen molar-refractivity contribution in [2.24, 2.45) is 0 Å². The molecule has 0 bridgehead atoms. The van der Waals surface area contributed by atoms with Gasteiger partial charge in [0.05, 0.1) is 11.4 Å². The molecular formula is C11H12BrF2NO2. The van der Waals surface area contributed by atoms with Crippen molar-refractivity contribution in [2.75, 3.05) is 20.3 Å². The molecule has 6 heteroatoms. The Hall–Kier alpha value is -1.01. The number of carbonyl (C=O) groups is 1. The highest BCUT2D eigenvalue weighted by Gasteiger charge is 2.11. The van der Waals surface area contributed by atoms with E-state index in [1.165, 1.54) is 7.11 Å². The van der Waals surface area contributed by atoms with Crippen LogP contribution in [0, 0.1) is 11.6 Å². The van der Waals surface area contributed by atoms with Crippen LogP contribution in [-0.4, -0.2) is 31.0 Å². The Kier molecular flexibility index (Phi) is 5.50. The zero-order chi connectivity index (χ0) is 12.8. The van der Waals surface area contributed by atoms with Crippen LogP contribution in [0.25, 0.3) is 0 Å². The first-order valence-corrected chi connectivity index (χ1v) is 5.82. The molecular weight excluding hydrogens is 296 g/mol. The third kappa shape index (κ3) is 4.79. The molecule has 0 aromatic heterocycles. The van der Waals surface area contributed by atoms with Gasteiger partial charge in [-0.25, -0.2) is 8.78 Å². The number of alkyl halides is 1. The van der Waals surface area contributed by atoms with E-state index in [1.54, 1.807) is 0 Å². The molecule has 0 radical (unpaired) electrons. The van der Waals surface area contributed by atoms with Crippen molar-refractivity contribution in [3.63, 3.8) is 0 Å². The first kappa shape index (κ1) is 14.1. The summed E-state index contributed by atoms with van der Waals surface area (Å²) in [6, 6.07) is 2.69. The molecule has 0 saturated heterocycles. The number of halogens is 3. The highest BCUT2D eigenvalue weighted by molar-refractivity contribution is 9.09. The van der Waals surface area contributed by atoms with Gasteiger partial charge in [0, 0.05) is 25.3 Å². The minimum Gasteiger partial charge on any atom is -0.383 e. The zero-order valence-electron chi connectivity index (χ0n) is 9.17. The van der Waals surface area contributed by atoms with Gasteiger partial charge in [-0.1, -0.05) is 15.9 Å². The van der Waals surface area contributed by atoms with Gasteiger partial charge in [0.1, 0.15) is 11.6 Å². The van der Waals surface area contributed by atoms with E-state index >= 15 is 0 Å². The van der Waals surface area contributed by atoms with Crippen LogP contribution in [0.4, 0.5) is 8.78 Å². The smallest absolute Gasteiger partial charge is 0.251 e. The second-order valence-corrected chi connectivity index (χ2v) is 4.72. The van der Waals surface area contributed by atoms with Crippen LogP contribution in [0.15, 0.2) is 18.2 Å². The predicted octanol–water partition coefficient (Wildman–Crippen LogP) is 2.10. The average molecular weight is 308 g/mol. The van der Waals surface area contributed by atoms with E-state index < -0.39 is 17.5 Å². The lowest BCUT2D eigenvalue weighted by Gasteiger charge is -2.10. The fourth-order valence-electron chi connectivity index (χ4n) is 1.23. The molecule has 1 aromatic carbocycles. The summed E-state index contributed by atoms with van der Waals surface area (Å²) in [6.07, 6.45) is 0. The summed E-state index contributed by atoms with van der Waals surface area (Å²) in [5.41, 5.74) is -0.0420. The van der Waals surface area contributed by atoms with Crippen LogP contribution in [0.1, 0.15) is 10.4 Å². The van der Waals surface area contributed by atoms with Gasteiger partial charge in [0.15, 0.2) is 0 Å². The third-order valence-electron chi connectivity index (χ3n) is 1.96. The summed E-state index contributed by atoms with van der Waals surface area (Å²) in [5, 5.41) is 2.54. The monoisotopic (exact) mass is 307 g/mol. The lowest BCUT2D eigenvalue weighted by molar-refractivity contribution is 0.0949. The molecule has 3 nitrogen and oxygen atoms in total. The second-order valence-electron chi connectivity index (χ2n) is 3.42. The molecule has 0 aliphatic heterocycles. The summed E-state index contributed by atoms with van der Waals surface area (Å²) >= 11 is 3.28. The normalized spacial score (nSPS) is 12.2. The molecule has 0 heterocycles. The first-order valence-electron chi connectivity index (χ1n) is 4.90. The Morgan fingerprint density at radius 2 is 2.00 bits per heavy atom. The lowest BCUT2D eigenvalue weighted by Crippen LogP contribution is -2.31. The SMILES string of the molecule is COCC(Br)CNC(=O)c1cc(F)cc(F)c1. The Balaban J connectivity index is 2.58. The molecule has 0 saturated carbocycles. The molecule has 1 atom stereocenters. The van der Waals surface area contributed by atoms with E-state index in [-0.39, 0.29) is 10.4 Å². The maximum Gasteiger partial charge on any atom is 0.251 e. The van der Waals surface area contributed by atoms with Crippen LogP contribution >= 0.6 is 15.9 Å². The zero-order valence-corrected chi connectivity index (χ0v) is 10.8. The van der Waals surface area contributed by atoms with Gasteiger partial charge >= 0.3 is 0 Å². The van der Waals surface area contributed by atoms with Gasteiger partial charge in [-0.15, -0.1) is 0 Å². The highest BCUT2D eigenvalue weighted by Crippen LogP contribution is 2.08. The van der Waals surface area contributed by atoms with Crippen molar-refractivity contribution in [1.82, 2.24) is 5.32 Å². The van der Waals surface area contributed by atoms with Crippen molar-refractivity contribution < 1.29 is 18.3 Å². The minimum atomic E-state index is -0.776. The van der Waals surface area contributed by atoms with E-state index in [2.05, 4.69) is 21.2 Å². The van der Waals surface area contributed by atoms with Gasteiger partial charge in [-0.3, -0.25) is 4.79 Å². The Labute approximate surface area is 106 Å². The Morgan fingerprint density at radius 1 is 1.41 bits per heavy atom. The van der Waals surface area contributed by atoms with Crippen LogP contribution in [0.2, 0.25) is 0 Å². The molecule has 1 unspecified atom stereocenters. The van der Waals surface area contributed by atoms with Gasteiger partial charge < -0.3 is 10.1 Å². The van der Waals surface area contributed by atoms with E-state index in [0.717, 1.165) is 18.2 Å². The third-order valence-corrected chi connectivity index (χ3v) is 2.54. The summed E-state index contributed by atoms with van der Waals surface area (Å²) in [4.78, 5) is 11.5. The number of hydrogen-bond acceptors (Lipinski definition) is 2. The van der Waals surface area contributed by atoms with Gasteiger partial charge in [0.25, 0.3) is 5.91 Å². The average Bonchev–Trinajstić information content (AvgIpc) is 2.25. The standard InChI is InChI=1S/C11H12BrF2NO2/c1-17-6-8(12)5-15-11(16)7-2-9(13)4-10(14)3-7/h2-4,8H,5-6H2,1H3,(H,15,16). The van der Waals surface area contributed by atoms with Crippen molar-refractivity contribution in [3.8, 4) is 0 Å². The Bertz CT molecular complexity index is 381. The molecule has 1 N–H and O–H groups in total. The fourth-order valence-corrected chi connectivity index (χ4v) is 1.66. The molecule has 0 aliphatic carbocycles. The van der Waals surface area contributed by atoms with Crippen LogP contribution in [-0.2, 0) is 4.74 Å². The highest BCUT2D eigenvalue weighted by atomic mass is 79.9. The summed E-state index contributed by atoms with van der Waals surface area (Å²) in [5.74, 6) is -2.08. The van der Waals surface area contributed by atoms with E-state index in [4.69, 9.17) is 4.74 Å². The van der Waals surface area contributed by atoms with Crippen LogP contribution in [0.5, 0.6) is 0 Å². The van der Waals surface area contributed by atoms with E-state index in [9.17, 15) is 13.6 Å². The number of methoxy groups -OCH3 is 1. The van der Waals surface area contributed by atoms with E-state index in [0.29, 0.717) is 13.2 Å². The topological polar surface area (TPSA) is 38.3 Å². The van der Waals surface area contributed by atoms with Crippen molar-refractivity contribution in [1.29, 1.82) is 0 Å². The van der Waals surface area contributed by atoms with Crippen molar-refractivity contribution in [2.45, 2.75) is 4.83 Å². The fraction of sp³-hybridized carbons (Fsp3) is 0.364. The number of rotatable bonds is 5. The minimum absolute atomic E-state index is 0.0420. The summed E-state index contributed by atoms with van der Waals surface area (Å²) in [6.45, 7) is 0.739. The predicted molar refractivity (Wildman–Crippen MR) is 63.3 cm³/mol. The molecule has 94 valence electrons. The number of benzene rings is 1. The second kappa shape index (κ2) is 6.66. The van der Waals surface area contributed by atoms with Crippen molar-refractivity contribution in [3.05, 3.63) is 35.4 Å². The van der Waals surface area contributed by atoms with Crippen LogP contribution in [0.3, 0.4) is 0 Å². The van der Waals surface area contributed by atoms with Gasteiger partial charge in [-0.05, 0) is 12.1 Å². The molecule has 0 fully saturated rings. The molecule has 1 aromatic rings. The molecule has 17 heavy (non-hydrogen) atoms. The van der Waals surface area contributed by atoms with Crippen molar-refractivity contribution >= 4 is 21.8 Å². The number of nitrogens with one attached hydrogen (secondary N) is 1. The molecule has 0 aliphatic rings. The van der Waals surface area contributed by atoms with E-state index in [1.807, 2.05) is 0 Å². The molecule has 1 amide bonds. The maximum absolute atomic E-state index is 12.9. The number of hydrogen-bond donors (Lipinski definition) is 1. The van der Waals surface area contributed by atoms with Crippen LogP contribution < -0.4 is 5.32 Å². The number of carbonyl (C=O) groups excluding carboxylic acids is 1. The lowest BCUT2D eigenvalue weighted by atomic mass is 10.2. The first-order chi connectivity index (χ1) is 8.02. The maximum atomic E-state index is 12.9. The Morgan fingerprint density at radius 3 is 2.53 bits per heavy atom. The molecule has 1 rings (SSSR count). The van der Waals surface area contributed by atoms with Gasteiger partial charge in [-0.2, -0.15) is 0 Å². The quantitative estimate of drug-likeness (QED) is 0.846.